The lowest BCUT2D eigenvalue weighted by Crippen LogP contribution is -2.19. The van der Waals surface area contributed by atoms with E-state index < -0.39 is 0 Å². The van der Waals surface area contributed by atoms with Gasteiger partial charge in [-0.25, -0.2) is 0 Å². The van der Waals surface area contributed by atoms with Gasteiger partial charge in [0.2, 0.25) is 0 Å². The first-order valence-corrected chi connectivity index (χ1v) is 7.13. The van der Waals surface area contributed by atoms with Crippen molar-refractivity contribution in [3.63, 3.8) is 0 Å². The molecule has 0 saturated heterocycles. The molecule has 0 unspecified atom stereocenters. The highest BCUT2D eigenvalue weighted by molar-refractivity contribution is 9.10. The molecule has 0 aromatic heterocycles. The summed E-state index contributed by atoms with van der Waals surface area (Å²) in [5.74, 6) is 1.97. The third-order valence-corrected chi connectivity index (χ3v) is 3.72. The number of ether oxygens (including phenoxy) is 2. The number of halogens is 1. The third kappa shape index (κ3) is 3.70. The van der Waals surface area contributed by atoms with Gasteiger partial charge in [0.05, 0.1) is 20.3 Å². The second-order valence-corrected chi connectivity index (χ2v) is 5.55. The fraction of sp³-hybridized carbons (Fsp3) is 0.500. The minimum absolute atomic E-state index is 0.0152. The normalized spacial score (nSPS) is 14.3. The second-order valence-electron chi connectivity index (χ2n) is 4.69. The molecule has 1 saturated carbocycles. The number of hydrogen-bond donors (Lipinski definition) is 1. The first-order valence-electron chi connectivity index (χ1n) is 6.33. The Morgan fingerprint density at radius 2 is 2.16 bits per heavy atom. The van der Waals surface area contributed by atoms with Gasteiger partial charge in [0.25, 0.3) is 0 Å². The molecule has 0 radical (unpaired) electrons. The number of hydrogen-bond acceptors (Lipinski definition) is 4. The Kier molecular flexibility index (Phi) is 4.82. The van der Waals surface area contributed by atoms with E-state index in [-0.39, 0.29) is 5.78 Å². The Morgan fingerprint density at radius 3 is 2.74 bits per heavy atom. The summed E-state index contributed by atoms with van der Waals surface area (Å²) < 4.78 is 11.8. The van der Waals surface area contributed by atoms with Crippen molar-refractivity contribution in [2.45, 2.75) is 12.8 Å². The van der Waals surface area contributed by atoms with Crippen molar-refractivity contribution in [2.24, 2.45) is 5.92 Å². The van der Waals surface area contributed by atoms with E-state index in [9.17, 15) is 4.79 Å². The van der Waals surface area contributed by atoms with Gasteiger partial charge in [0.15, 0.2) is 17.3 Å². The zero-order valence-corrected chi connectivity index (χ0v) is 12.7. The minimum atomic E-state index is 0.0152. The number of ketones is 1. The highest BCUT2D eigenvalue weighted by Crippen LogP contribution is 2.36. The summed E-state index contributed by atoms with van der Waals surface area (Å²) in [6.07, 6.45) is 2.48. The van der Waals surface area contributed by atoms with E-state index in [1.54, 1.807) is 20.2 Å². The maximum atomic E-state index is 11.9. The number of methoxy groups -OCH3 is 1. The van der Waals surface area contributed by atoms with E-state index in [0.29, 0.717) is 36.1 Å². The minimum Gasteiger partial charge on any atom is -0.493 e. The van der Waals surface area contributed by atoms with Crippen molar-refractivity contribution in [3.8, 4) is 11.5 Å². The SMILES string of the molecule is CNCC(=O)c1cc(OC)c(OCC2CC2)cc1Br. The molecule has 0 bridgehead atoms. The third-order valence-electron chi connectivity index (χ3n) is 3.06. The highest BCUT2D eigenvalue weighted by atomic mass is 79.9. The second kappa shape index (κ2) is 6.39. The Morgan fingerprint density at radius 1 is 1.42 bits per heavy atom. The van der Waals surface area contributed by atoms with Gasteiger partial charge in [-0.15, -0.1) is 0 Å². The Bertz CT molecular complexity index is 472. The zero-order chi connectivity index (χ0) is 13.8. The molecule has 5 heteroatoms. The Labute approximate surface area is 121 Å². The topological polar surface area (TPSA) is 47.6 Å². The molecule has 4 nitrogen and oxygen atoms in total. The fourth-order valence-electron chi connectivity index (χ4n) is 1.77. The van der Waals surface area contributed by atoms with Crippen LogP contribution in [0.2, 0.25) is 0 Å². The van der Waals surface area contributed by atoms with Crippen molar-refractivity contribution in [1.29, 1.82) is 0 Å². The van der Waals surface area contributed by atoms with Gasteiger partial charge < -0.3 is 14.8 Å². The van der Waals surface area contributed by atoms with Crippen LogP contribution >= 0.6 is 15.9 Å². The molecular formula is C14H18BrNO3. The van der Waals surface area contributed by atoms with Crippen molar-refractivity contribution >= 4 is 21.7 Å². The number of carbonyl (C=O) groups excluding carboxylic acids is 1. The van der Waals surface area contributed by atoms with Crippen LogP contribution in [0.1, 0.15) is 23.2 Å². The van der Waals surface area contributed by atoms with Gasteiger partial charge in [-0.1, -0.05) is 0 Å². The van der Waals surface area contributed by atoms with Gasteiger partial charge in [-0.2, -0.15) is 0 Å². The number of benzene rings is 1. The van der Waals surface area contributed by atoms with Crippen LogP contribution in [0, 0.1) is 5.92 Å². The molecule has 0 spiro atoms. The van der Waals surface area contributed by atoms with Crippen LogP contribution in [0.15, 0.2) is 16.6 Å². The maximum Gasteiger partial charge on any atom is 0.177 e. The summed E-state index contributed by atoms with van der Waals surface area (Å²) in [6, 6.07) is 3.54. The molecule has 0 amide bonds. The molecular weight excluding hydrogens is 310 g/mol. The monoisotopic (exact) mass is 327 g/mol. The van der Waals surface area contributed by atoms with E-state index in [1.807, 2.05) is 6.07 Å². The first kappa shape index (κ1) is 14.3. The lowest BCUT2D eigenvalue weighted by Gasteiger charge is -2.13. The van der Waals surface area contributed by atoms with Gasteiger partial charge in [0, 0.05) is 10.0 Å². The summed E-state index contributed by atoms with van der Waals surface area (Å²) in [4.78, 5) is 11.9. The predicted octanol–water partition coefficient (Wildman–Crippen LogP) is 2.65. The number of carbonyl (C=O) groups is 1. The summed E-state index contributed by atoms with van der Waals surface area (Å²) in [5.41, 5.74) is 0.602. The highest BCUT2D eigenvalue weighted by Gasteiger charge is 2.23. The van der Waals surface area contributed by atoms with E-state index in [2.05, 4.69) is 21.2 Å². The summed E-state index contributed by atoms with van der Waals surface area (Å²) in [6.45, 7) is 1.01. The maximum absolute atomic E-state index is 11.9. The molecule has 0 aliphatic heterocycles. The lowest BCUT2D eigenvalue weighted by atomic mass is 10.1. The van der Waals surface area contributed by atoms with Gasteiger partial charge in [-0.3, -0.25) is 4.79 Å². The van der Waals surface area contributed by atoms with E-state index >= 15 is 0 Å². The number of Topliss-reactive ketones (excluding diaryl/α,β-unsaturated/α-hetero) is 1. The van der Waals surface area contributed by atoms with Crippen molar-refractivity contribution in [2.75, 3.05) is 27.3 Å². The Hall–Kier alpha value is -1.07. The average Bonchev–Trinajstić information content (AvgIpc) is 3.20. The first-order chi connectivity index (χ1) is 9.15. The molecule has 1 aromatic rings. The smallest absolute Gasteiger partial charge is 0.177 e. The quantitative estimate of drug-likeness (QED) is 0.782. The largest absolute Gasteiger partial charge is 0.493 e. The molecule has 2 rings (SSSR count). The van der Waals surface area contributed by atoms with Crippen LogP contribution in [-0.2, 0) is 0 Å². The van der Waals surface area contributed by atoms with Crippen LogP contribution in [0.3, 0.4) is 0 Å². The molecule has 19 heavy (non-hydrogen) atoms. The lowest BCUT2D eigenvalue weighted by molar-refractivity contribution is 0.0992. The van der Waals surface area contributed by atoms with E-state index in [0.717, 1.165) is 4.47 Å². The van der Waals surface area contributed by atoms with Crippen molar-refractivity contribution in [1.82, 2.24) is 5.32 Å². The molecule has 0 heterocycles. The molecule has 1 aliphatic carbocycles. The molecule has 1 aliphatic rings. The molecule has 1 N–H and O–H groups in total. The van der Waals surface area contributed by atoms with E-state index in [4.69, 9.17) is 9.47 Å². The van der Waals surface area contributed by atoms with Crippen molar-refractivity contribution in [3.05, 3.63) is 22.2 Å². The molecule has 1 aromatic carbocycles. The predicted molar refractivity (Wildman–Crippen MR) is 77.2 cm³/mol. The van der Waals surface area contributed by atoms with Crippen molar-refractivity contribution < 1.29 is 14.3 Å². The van der Waals surface area contributed by atoms with Crippen LogP contribution in [0.5, 0.6) is 11.5 Å². The van der Waals surface area contributed by atoms with Crippen LogP contribution in [0.25, 0.3) is 0 Å². The molecule has 104 valence electrons. The fourth-order valence-corrected chi connectivity index (χ4v) is 2.31. The Balaban J connectivity index is 2.19. The number of nitrogens with one attached hydrogen (secondary N) is 1. The van der Waals surface area contributed by atoms with Crippen LogP contribution in [-0.4, -0.2) is 33.1 Å². The average molecular weight is 328 g/mol. The van der Waals surface area contributed by atoms with Gasteiger partial charge in [0.1, 0.15) is 0 Å². The number of likely N-dealkylation sites (N-methyl/N-ethyl adjacent to an activating group) is 1. The van der Waals surface area contributed by atoms with Crippen LogP contribution < -0.4 is 14.8 Å². The summed E-state index contributed by atoms with van der Waals surface area (Å²) >= 11 is 3.42. The van der Waals surface area contributed by atoms with Gasteiger partial charge in [-0.05, 0) is 53.9 Å². The molecule has 1 fully saturated rings. The summed E-state index contributed by atoms with van der Waals surface area (Å²) in [7, 11) is 3.33. The number of rotatable bonds is 7. The molecule has 0 atom stereocenters. The standard InChI is InChI=1S/C14H18BrNO3/c1-16-7-12(17)10-5-13(18-2)14(6-11(10)15)19-8-9-3-4-9/h5-6,9,16H,3-4,7-8H2,1-2H3. The van der Waals surface area contributed by atoms with Gasteiger partial charge >= 0.3 is 0 Å². The zero-order valence-electron chi connectivity index (χ0n) is 11.2. The van der Waals surface area contributed by atoms with E-state index in [1.165, 1.54) is 12.8 Å². The summed E-state index contributed by atoms with van der Waals surface area (Å²) in [5, 5.41) is 2.85. The van der Waals surface area contributed by atoms with Crippen LogP contribution in [0.4, 0.5) is 0 Å².